The summed E-state index contributed by atoms with van der Waals surface area (Å²) in [7, 11) is 0. The molecule has 0 aliphatic heterocycles. The predicted octanol–water partition coefficient (Wildman–Crippen LogP) is 2.44. The van der Waals surface area contributed by atoms with Crippen molar-refractivity contribution in [1.29, 1.82) is 0 Å². The maximum absolute atomic E-state index is 12.4. The number of H-pyrrole nitrogens is 1. The highest BCUT2D eigenvalue weighted by Crippen LogP contribution is 2.40. The topological polar surface area (TPSA) is 87.7 Å². The standard InChI is InChI=1S/C17H26N4O2/c1-3-13(18-14(22)9-12-8-10(12)2)15-17(23)19-16(21-20-15)11-6-4-5-7-11/h10-13H,3-9H2,1-2H3,(H,18,22)(H,19,21,23). The van der Waals surface area contributed by atoms with Gasteiger partial charge in [-0.05, 0) is 37.5 Å². The molecule has 0 radical (unpaired) electrons. The molecule has 1 amide bonds. The molecular formula is C17H26N4O2. The monoisotopic (exact) mass is 318 g/mol. The van der Waals surface area contributed by atoms with Crippen LogP contribution < -0.4 is 10.9 Å². The first-order valence-electron chi connectivity index (χ1n) is 8.84. The number of rotatable bonds is 6. The van der Waals surface area contributed by atoms with Crippen LogP contribution in [0.4, 0.5) is 0 Å². The number of aromatic amines is 1. The molecule has 3 rings (SSSR count). The highest BCUT2D eigenvalue weighted by molar-refractivity contribution is 5.77. The van der Waals surface area contributed by atoms with E-state index < -0.39 is 0 Å². The van der Waals surface area contributed by atoms with Crippen molar-refractivity contribution in [2.24, 2.45) is 11.8 Å². The fourth-order valence-electron chi connectivity index (χ4n) is 3.51. The fraction of sp³-hybridized carbons (Fsp3) is 0.765. The van der Waals surface area contributed by atoms with Crippen molar-refractivity contribution >= 4 is 5.91 Å². The fourth-order valence-corrected chi connectivity index (χ4v) is 3.51. The van der Waals surface area contributed by atoms with Crippen LogP contribution in [0.2, 0.25) is 0 Å². The Morgan fingerprint density at radius 2 is 2.04 bits per heavy atom. The Morgan fingerprint density at radius 3 is 2.61 bits per heavy atom. The van der Waals surface area contributed by atoms with Crippen molar-refractivity contribution in [2.75, 3.05) is 0 Å². The average molecular weight is 318 g/mol. The van der Waals surface area contributed by atoms with Gasteiger partial charge in [0.05, 0.1) is 6.04 Å². The smallest absolute Gasteiger partial charge is 0.275 e. The predicted molar refractivity (Wildman–Crippen MR) is 86.9 cm³/mol. The van der Waals surface area contributed by atoms with Gasteiger partial charge in [0.25, 0.3) is 5.56 Å². The minimum Gasteiger partial charge on any atom is -0.347 e. The second-order valence-corrected chi connectivity index (χ2v) is 7.11. The molecule has 2 saturated carbocycles. The molecule has 0 bridgehead atoms. The third-order valence-corrected chi connectivity index (χ3v) is 5.28. The lowest BCUT2D eigenvalue weighted by atomic mass is 10.1. The van der Waals surface area contributed by atoms with Crippen LogP contribution in [0.15, 0.2) is 4.79 Å². The highest BCUT2D eigenvalue weighted by Gasteiger charge is 2.34. The van der Waals surface area contributed by atoms with Crippen LogP contribution in [0, 0.1) is 11.8 Å². The third kappa shape index (κ3) is 3.79. The molecule has 3 atom stereocenters. The summed E-state index contributed by atoms with van der Waals surface area (Å²) in [6.07, 6.45) is 6.80. The van der Waals surface area contributed by atoms with Crippen LogP contribution in [-0.2, 0) is 4.79 Å². The number of carbonyl (C=O) groups is 1. The van der Waals surface area contributed by atoms with Gasteiger partial charge in [-0.2, -0.15) is 0 Å². The van der Waals surface area contributed by atoms with E-state index >= 15 is 0 Å². The Kier molecular flexibility index (Phi) is 4.78. The van der Waals surface area contributed by atoms with Crippen molar-refractivity contribution in [3.05, 3.63) is 21.9 Å². The van der Waals surface area contributed by atoms with E-state index in [9.17, 15) is 9.59 Å². The zero-order valence-electron chi connectivity index (χ0n) is 14.0. The molecule has 6 heteroatoms. The zero-order valence-corrected chi connectivity index (χ0v) is 14.0. The molecule has 1 heterocycles. The largest absolute Gasteiger partial charge is 0.347 e. The lowest BCUT2D eigenvalue weighted by Crippen LogP contribution is -2.34. The Morgan fingerprint density at radius 1 is 1.35 bits per heavy atom. The Bertz CT molecular complexity index is 621. The summed E-state index contributed by atoms with van der Waals surface area (Å²) >= 11 is 0. The van der Waals surface area contributed by atoms with Crippen molar-refractivity contribution in [2.45, 2.75) is 70.8 Å². The van der Waals surface area contributed by atoms with Crippen LogP contribution >= 0.6 is 0 Å². The summed E-state index contributed by atoms with van der Waals surface area (Å²) in [4.78, 5) is 27.3. The van der Waals surface area contributed by atoms with E-state index in [4.69, 9.17) is 0 Å². The van der Waals surface area contributed by atoms with Gasteiger partial charge in [0.1, 0.15) is 5.82 Å². The van der Waals surface area contributed by atoms with Crippen LogP contribution in [0.5, 0.6) is 0 Å². The number of amides is 1. The first-order chi connectivity index (χ1) is 11.1. The SMILES string of the molecule is CCC(NC(=O)CC1CC1C)c1nnc(C2CCCC2)[nH]c1=O. The van der Waals surface area contributed by atoms with Crippen molar-refractivity contribution < 1.29 is 4.79 Å². The minimum absolute atomic E-state index is 0.00673. The maximum Gasteiger partial charge on any atom is 0.275 e. The summed E-state index contributed by atoms with van der Waals surface area (Å²) < 4.78 is 0. The number of nitrogens with one attached hydrogen (secondary N) is 2. The number of hydrogen-bond acceptors (Lipinski definition) is 4. The first kappa shape index (κ1) is 16.1. The number of carbonyl (C=O) groups excluding carboxylic acids is 1. The van der Waals surface area contributed by atoms with Crippen LogP contribution in [0.3, 0.4) is 0 Å². The summed E-state index contributed by atoms with van der Waals surface area (Å²) in [5.74, 6) is 2.18. The molecule has 2 aliphatic rings. The molecule has 0 spiro atoms. The van der Waals surface area contributed by atoms with Gasteiger partial charge < -0.3 is 10.3 Å². The summed E-state index contributed by atoms with van der Waals surface area (Å²) in [5, 5.41) is 11.3. The Labute approximate surface area is 136 Å². The van der Waals surface area contributed by atoms with Crippen molar-refractivity contribution in [3.8, 4) is 0 Å². The van der Waals surface area contributed by atoms with Gasteiger partial charge in [-0.15, -0.1) is 10.2 Å². The molecular weight excluding hydrogens is 292 g/mol. The second kappa shape index (κ2) is 6.81. The van der Waals surface area contributed by atoms with Gasteiger partial charge in [0.15, 0.2) is 5.69 Å². The maximum atomic E-state index is 12.4. The average Bonchev–Trinajstić information content (AvgIpc) is 3.02. The van der Waals surface area contributed by atoms with Gasteiger partial charge in [-0.3, -0.25) is 9.59 Å². The van der Waals surface area contributed by atoms with Gasteiger partial charge >= 0.3 is 0 Å². The molecule has 1 aromatic rings. The normalized spacial score (nSPS) is 25.3. The van der Waals surface area contributed by atoms with E-state index in [0.29, 0.717) is 42.1 Å². The Balaban J connectivity index is 1.67. The van der Waals surface area contributed by atoms with Crippen LogP contribution in [0.25, 0.3) is 0 Å². The van der Waals surface area contributed by atoms with E-state index in [-0.39, 0.29) is 17.5 Å². The number of nitrogens with zero attached hydrogens (tertiary/aromatic N) is 2. The Hall–Kier alpha value is -1.72. The first-order valence-corrected chi connectivity index (χ1v) is 8.84. The van der Waals surface area contributed by atoms with E-state index in [0.717, 1.165) is 19.3 Å². The second-order valence-electron chi connectivity index (χ2n) is 7.11. The molecule has 2 N–H and O–H groups in total. The molecule has 2 aliphatic carbocycles. The van der Waals surface area contributed by atoms with Crippen LogP contribution in [0.1, 0.15) is 82.3 Å². The number of hydrogen-bond donors (Lipinski definition) is 2. The molecule has 23 heavy (non-hydrogen) atoms. The lowest BCUT2D eigenvalue weighted by Gasteiger charge is -2.16. The van der Waals surface area contributed by atoms with Gasteiger partial charge in [0.2, 0.25) is 5.91 Å². The summed E-state index contributed by atoms with van der Waals surface area (Å²) in [6.45, 7) is 4.10. The minimum atomic E-state index is -0.356. The molecule has 126 valence electrons. The van der Waals surface area contributed by atoms with Crippen molar-refractivity contribution in [3.63, 3.8) is 0 Å². The molecule has 2 fully saturated rings. The molecule has 3 unspecified atom stereocenters. The van der Waals surface area contributed by atoms with Crippen LogP contribution in [-0.4, -0.2) is 21.1 Å². The van der Waals surface area contributed by atoms with Gasteiger partial charge in [-0.25, -0.2) is 0 Å². The molecule has 0 saturated heterocycles. The van der Waals surface area contributed by atoms with E-state index in [1.165, 1.54) is 12.8 Å². The summed E-state index contributed by atoms with van der Waals surface area (Å²) in [6, 6.07) is -0.356. The van der Waals surface area contributed by atoms with Gasteiger partial charge in [0, 0.05) is 12.3 Å². The zero-order chi connectivity index (χ0) is 16.4. The highest BCUT2D eigenvalue weighted by atomic mass is 16.2. The summed E-state index contributed by atoms with van der Waals surface area (Å²) in [5.41, 5.74) is 0.111. The van der Waals surface area contributed by atoms with E-state index in [2.05, 4.69) is 27.4 Å². The van der Waals surface area contributed by atoms with E-state index in [1.54, 1.807) is 0 Å². The van der Waals surface area contributed by atoms with Crippen molar-refractivity contribution in [1.82, 2.24) is 20.5 Å². The molecule has 0 aromatic carbocycles. The quantitative estimate of drug-likeness (QED) is 0.843. The van der Waals surface area contributed by atoms with Gasteiger partial charge in [-0.1, -0.05) is 26.7 Å². The van der Waals surface area contributed by atoms with E-state index in [1.807, 2.05) is 6.92 Å². The molecule has 1 aromatic heterocycles. The number of aromatic nitrogens is 3. The third-order valence-electron chi connectivity index (χ3n) is 5.28. The molecule has 6 nitrogen and oxygen atoms in total. The lowest BCUT2D eigenvalue weighted by molar-refractivity contribution is -0.122.